The molecule has 0 aromatic rings. The van der Waals surface area contributed by atoms with Crippen molar-refractivity contribution in [2.75, 3.05) is 19.7 Å². The summed E-state index contributed by atoms with van der Waals surface area (Å²) < 4.78 is 5.79. The molecule has 2 rings (SSSR count). The third-order valence-corrected chi connectivity index (χ3v) is 7.11. The van der Waals surface area contributed by atoms with Crippen molar-refractivity contribution in [3.8, 4) is 0 Å². The van der Waals surface area contributed by atoms with E-state index in [1.165, 1.54) is 0 Å². The minimum atomic E-state index is -0.129. The molecule has 0 aromatic carbocycles. The first-order valence-electron chi connectivity index (χ1n) is 8.12. The topological polar surface area (TPSA) is 47.3 Å². The summed E-state index contributed by atoms with van der Waals surface area (Å²) in [6.45, 7) is 18.8. The maximum absolute atomic E-state index is 6.60. The molecule has 0 amide bonds. The van der Waals surface area contributed by atoms with E-state index in [4.69, 9.17) is 10.5 Å². The molecular weight excluding hydrogens is 248 g/mol. The van der Waals surface area contributed by atoms with Crippen LogP contribution in [-0.2, 0) is 4.74 Å². The van der Waals surface area contributed by atoms with Gasteiger partial charge in [-0.2, -0.15) is 0 Å². The minimum Gasteiger partial charge on any atom is -0.378 e. The van der Waals surface area contributed by atoms with Crippen LogP contribution in [0.5, 0.6) is 0 Å². The van der Waals surface area contributed by atoms with E-state index in [-0.39, 0.29) is 11.0 Å². The highest BCUT2D eigenvalue weighted by molar-refractivity contribution is 5.16. The van der Waals surface area contributed by atoms with Gasteiger partial charge in [-0.25, -0.2) is 0 Å². The highest BCUT2D eigenvalue weighted by atomic mass is 16.5. The van der Waals surface area contributed by atoms with E-state index in [2.05, 4.69) is 53.8 Å². The van der Waals surface area contributed by atoms with Gasteiger partial charge >= 0.3 is 0 Å². The van der Waals surface area contributed by atoms with Gasteiger partial charge in [-0.3, -0.25) is 0 Å². The Labute approximate surface area is 125 Å². The number of hydrogen-bond donors (Lipinski definition) is 2. The fourth-order valence-electron chi connectivity index (χ4n) is 4.09. The van der Waals surface area contributed by atoms with E-state index < -0.39 is 0 Å². The van der Waals surface area contributed by atoms with Crippen LogP contribution in [0.1, 0.15) is 54.9 Å². The van der Waals surface area contributed by atoms with Crippen LogP contribution in [0.4, 0.5) is 0 Å². The molecule has 2 unspecified atom stereocenters. The zero-order valence-electron chi connectivity index (χ0n) is 14.5. The van der Waals surface area contributed by atoms with Crippen LogP contribution in [0.15, 0.2) is 0 Å². The van der Waals surface area contributed by atoms with Crippen molar-refractivity contribution < 1.29 is 4.74 Å². The number of nitrogens with one attached hydrogen (secondary N) is 1. The van der Waals surface area contributed by atoms with Gasteiger partial charge in [-0.15, -0.1) is 0 Å². The molecule has 2 aliphatic carbocycles. The summed E-state index contributed by atoms with van der Waals surface area (Å²) in [4.78, 5) is 0. The molecule has 0 bridgehead atoms. The van der Waals surface area contributed by atoms with Gasteiger partial charge in [0.15, 0.2) is 0 Å². The molecule has 3 nitrogen and oxygen atoms in total. The van der Waals surface area contributed by atoms with Crippen molar-refractivity contribution in [2.24, 2.45) is 27.9 Å². The van der Waals surface area contributed by atoms with E-state index in [1.807, 2.05) is 0 Å². The van der Waals surface area contributed by atoms with Gasteiger partial charge in [-0.05, 0) is 36.6 Å². The molecule has 0 saturated heterocycles. The third-order valence-electron chi connectivity index (χ3n) is 7.11. The molecule has 2 saturated carbocycles. The molecule has 0 aromatic heterocycles. The first kappa shape index (κ1) is 16.3. The summed E-state index contributed by atoms with van der Waals surface area (Å²) in [5, 5.41) is 3.64. The van der Waals surface area contributed by atoms with Gasteiger partial charge in [0.1, 0.15) is 0 Å². The Morgan fingerprint density at radius 2 is 1.60 bits per heavy atom. The Morgan fingerprint density at radius 1 is 1.05 bits per heavy atom. The van der Waals surface area contributed by atoms with Crippen molar-refractivity contribution in [3.05, 3.63) is 0 Å². The maximum atomic E-state index is 6.60. The van der Waals surface area contributed by atoms with Crippen LogP contribution < -0.4 is 11.1 Å². The standard InChI is InChI=1S/C17H34N2O/c1-8-20-13-9-17(18,16(13,6)7)11-19-10-12-14(2,3)15(12,4)5/h12-13,19H,8-11,18H2,1-7H3. The van der Waals surface area contributed by atoms with Gasteiger partial charge in [0.2, 0.25) is 0 Å². The molecule has 0 heterocycles. The summed E-state index contributed by atoms with van der Waals surface area (Å²) in [5.74, 6) is 0.754. The van der Waals surface area contributed by atoms with Gasteiger partial charge in [0, 0.05) is 24.1 Å². The summed E-state index contributed by atoms with van der Waals surface area (Å²) in [5.41, 5.74) is 7.43. The molecule has 0 aliphatic heterocycles. The summed E-state index contributed by atoms with van der Waals surface area (Å²) >= 11 is 0. The van der Waals surface area contributed by atoms with Crippen molar-refractivity contribution in [3.63, 3.8) is 0 Å². The predicted molar refractivity (Wildman–Crippen MR) is 84.7 cm³/mol. The van der Waals surface area contributed by atoms with Gasteiger partial charge in [0.05, 0.1) is 6.10 Å². The SMILES string of the molecule is CCOC1CC(N)(CNCC2C(C)(C)C2(C)C)C1(C)C. The normalized spacial score (nSPS) is 37.5. The number of hydrogen-bond acceptors (Lipinski definition) is 3. The van der Waals surface area contributed by atoms with E-state index in [0.29, 0.717) is 16.9 Å². The number of ether oxygens (including phenoxy) is 1. The largest absolute Gasteiger partial charge is 0.378 e. The van der Waals surface area contributed by atoms with Crippen LogP contribution in [0.25, 0.3) is 0 Å². The molecule has 2 atom stereocenters. The number of nitrogens with two attached hydrogens (primary N) is 1. The zero-order valence-corrected chi connectivity index (χ0v) is 14.5. The Bertz CT molecular complexity index is 361. The predicted octanol–water partition coefficient (Wildman–Crippen LogP) is 2.79. The smallest absolute Gasteiger partial charge is 0.0662 e. The Hall–Kier alpha value is -0.120. The zero-order chi connectivity index (χ0) is 15.4. The lowest BCUT2D eigenvalue weighted by atomic mass is 9.54. The second kappa shape index (κ2) is 4.69. The summed E-state index contributed by atoms with van der Waals surface area (Å²) in [6, 6.07) is 0. The lowest BCUT2D eigenvalue weighted by Crippen LogP contribution is -2.73. The molecule has 20 heavy (non-hydrogen) atoms. The van der Waals surface area contributed by atoms with Gasteiger partial charge in [-0.1, -0.05) is 41.5 Å². The van der Waals surface area contributed by atoms with Crippen LogP contribution in [0.3, 0.4) is 0 Å². The highest BCUT2D eigenvalue weighted by Crippen LogP contribution is 2.68. The van der Waals surface area contributed by atoms with Crippen molar-refractivity contribution in [1.29, 1.82) is 0 Å². The second-order valence-electron chi connectivity index (χ2n) is 8.65. The van der Waals surface area contributed by atoms with E-state index >= 15 is 0 Å². The average molecular weight is 282 g/mol. The molecule has 118 valence electrons. The van der Waals surface area contributed by atoms with Gasteiger partial charge < -0.3 is 15.8 Å². The molecule has 0 radical (unpaired) electrons. The van der Waals surface area contributed by atoms with Gasteiger partial charge in [0.25, 0.3) is 0 Å². The summed E-state index contributed by atoms with van der Waals surface area (Å²) in [7, 11) is 0. The highest BCUT2D eigenvalue weighted by Gasteiger charge is 2.64. The van der Waals surface area contributed by atoms with Crippen LogP contribution in [0.2, 0.25) is 0 Å². The fraction of sp³-hybridized carbons (Fsp3) is 1.00. The molecule has 3 heteroatoms. The molecule has 2 fully saturated rings. The van der Waals surface area contributed by atoms with E-state index in [1.54, 1.807) is 0 Å². The first-order valence-corrected chi connectivity index (χ1v) is 8.12. The molecule has 3 N–H and O–H groups in total. The Morgan fingerprint density at radius 3 is 2.00 bits per heavy atom. The monoisotopic (exact) mass is 282 g/mol. The Kier molecular flexibility index (Phi) is 3.81. The third kappa shape index (κ3) is 2.13. The van der Waals surface area contributed by atoms with Crippen molar-refractivity contribution >= 4 is 0 Å². The van der Waals surface area contributed by atoms with Crippen molar-refractivity contribution in [1.82, 2.24) is 5.32 Å². The minimum absolute atomic E-state index is 0.0601. The molecular formula is C17H34N2O. The summed E-state index contributed by atoms with van der Waals surface area (Å²) in [6.07, 6.45) is 1.28. The molecule has 2 aliphatic rings. The van der Waals surface area contributed by atoms with Crippen LogP contribution >= 0.6 is 0 Å². The second-order valence-corrected chi connectivity index (χ2v) is 8.65. The van der Waals surface area contributed by atoms with Crippen molar-refractivity contribution in [2.45, 2.75) is 66.5 Å². The lowest BCUT2D eigenvalue weighted by molar-refractivity contribution is -0.148. The van der Waals surface area contributed by atoms with E-state index in [9.17, 15) is 0 Å². The van der Waals surface area contributed by atoms with E-state index in [0.717, 1.165) is 32.0 Å². The lowest BCUT2D eigenvalue weighted by Gasteiger charge is -2.59. The number of rotatable bonds is 6. The van der Waals surface area contributed by atoms with Crippen LogP contribution in [0, 0.1) is 22.2 Å². The average Bonchev–Trinajstić information content (AvgIpc) is 2.71. The quantitative estimate of drug-likeness (QED) is 0.787. The Balaban J connectivity index is 1.81. The first-order chi connectivity index (χ1) is 9.00. The van der Waals surface area contributed by atoms with Crippen LogP contribution in [-0.4, -0.2) is 31.3 Å². The maximum Gasteiger partial charge on any atom is 0.0662 e. The molecule has 0 spiro atoms. The fourth-order valence-corrected chi connectivity index (χ4v) is 4.09.